The maximum absolute atomic E-state index is 5.49. The number of guanidine groups is 1. The van der Waals surface area contributed by atoms with E-state index in [1.807, 2.05) is 24.7 Å². The molecule has 0 radical (unpaired) electrons. The smallest absolute Gasteiger partial charge is 0.191 e. The number of ether oxygens (including phenoxy) is 2. The summed E-state index contributed by atoms with van der Waals surface area (Å²) in [7, 11) is 5.11. The van der Waals surface area contributed by atoms with Gasteiger partial charge in [0.1, 0.15) is 18.2 Å². The third kappa shape index (κ3) is 4.41. The van der Waals surface area contributed by atoms with Crippen molar-refractivity contribution in [2.24, 2.45) is 4.99 Å². The van der Waals surface area contributed by atoms with Crippen LogP contribution in [0.5, 0.6) is 5.75 Å². The average molecular weight is 387 g/mol. The molecule has 3 rings (SSSR count). The second kappa shape index (κ2) is 9.01. The molecule has 0 aromatic carbocycles. The zero-order chi connectivity index (χ0) is 20.1. The van der Waals surface area contributed by atoms with Crippen LogP contribution in [0.2, 0.25) is 0 Å². The number of pyridine rings is 1. The van der Waals surface area contributed by atoms with Crippen LogP contribution < -0.4 is 15.4 Å². The van der Waals surface area contributed by atoms with E-state index in [2.05, 4.69) is 30.7 Å². The fourth-order valence-electron chi connectivity index (χ4n) is 3.47. The standard InChI is InChI=1S/C19H29N7O2/c1-12-8-21-15(13(2)18(12)28-5)9-22-19(20-3)23-14-6-7-17-24-16(11-27-4)25-26(17)10-14/h8,14H,6-7,9-11H2,1-5H3,(H2,20,22,23). The van der Waals surface area contributed by atoms with Gasteiger partial charge < -0.3 is 20.1 Å². The minimum Gasteiger partial charge on any atom is -0.496 e. The summed E-state index contributed by atoms with van der Waals surface area (Å²) in [4.78, 5) is 13.4. The van der Waals surface area contributed by atoms with E-state index in [4.69, 9.17) is 9.47 Å². The van der Waals surface area contributed by atoms with Gasteiger partial charge in [-0.25, -0.2) is 9.67 Å². The van der Waals surface area contributed by atoms with Crippen LogP contribution >= 0.6 is 0 Å². The minimum atomic E-state index is 0.234. The second-order valence-electron chi connectivity index (χ2n) is 6.91. The highest BCUT2D eigenvalue weighted by Gasteiger charge is 2.22. The number of nitrogens with zero attached hydrogens (tertiary/aromatic N) is 5. The first-order valence-corrected chi connectivity index (χ1v) is 9.43. The molecule has 28 heavy (non-hydrogen) atoms. The molecule has 2 aromatic heterocycles. The number of hydrogen-bond donors (Lipinski definition) is 2. The van der Waals surface area contributed by atoms with Crippen molar-refractivity contribution in [1.29, 1.82) is 0 Å². The van der Waals surface area contributed by atoms with Gasteiger partial charge in [0.05, 0.1) is 25.9 Å². The second-order valence-corrected chi connectivity index (χ2v) is 6.91. The highest BCUT2D eigenvalue weighted by Crippen LogP contribution is 2.23. The van der Waals surface area contributed by atoms with E-state index in [9.17, 15) is 0 Å². The van der Waals surface area contributed by atoms with Gasteiger partial charge in [-0.2, -0.15) is 5.10 Å². The lowest BCUT2D eigenvalue weighted by molar-refractivity contribution is 0.177. The summed E-state index contributed by atoms with van der Waals surface area (Å²) in [6.07, 6.45) is 3.69. The number of methoxy groups -OCH3 is 2. The number of rotatable bonds is 6. The number of hydrogen-bond acceptors (Lipinski definition) is 6. The molecule has 0 amide bonds. The molecular weight excluding hydrogens is 358 g/mol. The van der Waals surface area contributed by atoms with Crippen molar-refractivity contribution in [2.75, 3.05) is 21.3 Å². The van der Waals surface area contributed by atoms with Gasteiger partial charge in [-0.15, -0.1) is 0 Å². The van der Waals surface area contributed by atoms with E-state index in [1.54, 1.807) is 21.3 Å². The lowest BCUT2D eigenvalue weighted by atomic mass is 10.1. The molecule has 0 fully saturated rings. The molecule has 2 aromatic rings. The van der Waals surface area contributed by atoms with Gasteiger partial charge in [-0.3, -0.25) is 9.98 Å². The number of aryl methyl sites for hydroxylation is 2. The molecule has 2 N–H and O–H groups in total. The van der Waals surface area contributed by atoms with Crippen molar-refractivity contribution in [3.05, 3.63) is 34.7 Å². The molecule has 1 atom stereocenters. The summed E-state index contributed by atoms with van der Waals surface area (Å²) in [6.45, 7) is 5.78. The number of nitrogens with one attached hydrogen (secondary N) is 2. The molecule has 1 aliphatic rings. The first-order valence-electron chi connectivity index (χ1n) is 9.43. The van der Waals surface area contributed by atoms with E-state index < -0.39 is 0 Å². The summed E-state index contributed by atoms with van der Waals surface area (Å²) in [5, 5.41) is 11.3. The molecule has 0 saturated heterocycles. The Morgan fingerprint density at radius 2 is 2.18 bits per heavy atom. The van der Waals surface area contributed by atoms with E-state index in [0.717, 1.165) is 59.6 Å². The first-order chi connectivity index (χ1) is 13.5. The van der Waals surface area contributed by atoms with Crippen molar-refractivity contribution >= 4 is 5.96 Å². The predicted molar refractivity (Wildman–Crippen MR) is 106 cm³/mol. The van der Waals surface area contributed by atoms with E-state index in [-0.39, 0.29) is 6.04 Å². The molecule has 0 saturated carbocycles. The maximum Gasteiger partial charge on any atom is 0.191 e. The highest BCUT2D eigenvalue weighted by atomic mass is 16.5. The van der Waals surface area contributed by atoms with Crippen molar-refractivity contribution < 1.29 is 9.47 Å². The number of aromatic nitrogens is 4. The molecule has 0 aliphatic carbocycles. The third-order valence-corrected chi connectivity index (χ3v) is 4.91. The zero-order valence-electron chi connectivity index (χ0n) is 17.2. The summed E-state index contributed by atoms with van der Waals surface area (Å²) in [5.41, 5.74) is 3.02. The minimum absolute atomic E-state index is 0.234. The fourth-order valence-corrected chi connectivity index (χ4v) is 3.47. The highest BCUT2D eigenvalue weighted by molar-refractivity contribution is 5.80. The Labute approximate surface area is 165 Å². The molecule has 1 unspecified atom stereocenters. The van der Waals surface area contributed by atoms with Crippen LogP contribution in [-0.4, -0.2) is 53.0 Å². The van der Waals surface area contributed by atoms with Crippen molar-refractivity contribution in [2.45, 2.75) is 52.4 Å². The van der Waals surface area contributed by atoms with Crippen LogP contribution in [0.1, 0.15) is 34.9 Å². The van der Waals surface area contributed by atoms with Gasteiger partial charge in [0.15, 0.2) is 11.8 Å². The van der Waals surface area contributed by atoms with Crippen LogP contribution in [0.25, 0.3) is 0 Å². The molecule has 3 heterocycles. The van der Waals surface area contributed by atoms with Crippen molar-refractivity contribution in [1.82, 2.24) is 30.4 Å². The Morgan fingerprint density at radius 3 is 2.89 bits per heavy atom. The lowest BCUT2D eigenvalue weighted by Crippen LogP contribution is -2.47. The van der Waals surface area contributed by atoms with E-state index in [0.29, 0.717) is 13.2 Å². The molecule has 9 heteroatoms. The monoisotopic (exact) mass is 387 g/mol. The zero-order valence-corrected chi connectivity index (χ0v) is 17.2. The predicted octanol–water partition coefficient (Wildman–Crippen LogP) is 1.12. The lowest BCUT2D eigenvalue weighted by Gasteiger charge is -2.25. The fraction of sp³-hybridized carbons (Fsp3) is 0.579. The Balaban J connectivity index is 1.59. The van der Waals surface area contributed by atoms with Gasteiger partial charge in [0.25, 0.3) is 0 Å². The Bertz CT molecular complexity index is 847. The maximum atomic E-state index is 5.49. The van der Waals surface area contributed by atoms with Crippen molar-refractivity contribution in [3.63, 3.8) is 0 Å². The summed E-state index contributed by atoms with van der Waals surface area (Å²) in [6, 6.07) is 0.234. The normalized spacial score (nSPS) is 16.6. The van der Waals surface area contributed by atoms with Crippen LogP contribution in [0.15, 0.2) is 11.2 Å². The van der Waals surface area contributed by atoms with E-state index in [1.165, 1.54) is 0 Å². The van der Waals surface area contributed by atoms with Gasteiger partial charge in [-0.05, 0) is 20.3 Å². The quantitative estimate of drug-likeness (QED) is 0.566. The third-order valence-electron chi connectivity index (χ3n) is 4.91. The van der Waals surface area contributed by atoms with Gasteiger partial charge in [-0.1, -0.05) is 0 Å². The molecule has 1 aliphatic heterocycles. The molecule has 9 nitrogen and oxygen atoms in total. The first kappa shape index (κ1) is 20.1. The summed E-state index contributed by atoms with van der Waals surface area (Å²) < 4.78 is 12.6. The Kier molecular flexibility index (Phi) is 6.45. The largest absolute Gasteiger partial charge is 0.496 e. The SMILES string of the molecule is CN=C(NCc1ncc(C)c(OC)c1C)NC1CCc2nc(COC)nn2C1. The van der Waals surface area contributed by atoms with Crippen LogP contribution in [0, 0.1) is 13.8 Å². The molecular formula is C19H29N7O2. The average Bonchev–Trinajstić information content (AvgIpc) is 3.08. The topological polar surface area (TPSA) is 98.5 Å². The number of aliphatic imine (C=N–C) groups is 1. The van der Waals surface area contributed by atoms with Crippen LogP contribution in [0.3, 0.4) is 0 Å². The van der Waals surface area contributed by atoms with E-state index >= 15 is 0 Å². The number of fused-ring (bicyclic) bond motifs is 1. The van der Waals surface area contributed by atoms with Gasteiger partial charge in [0, 0.05) is 43.9 Å². The summed E-state index contributed by atoms with van der Waals surface area (Å²) in [5.74, 6) is 3.37. The van der Waals surface area contributed by atoms with Crippen LogP contribution in [0.4, 0.5) is 0 Å². The molecule has 0 spiro atoms. The Morgan fingerprint density at radius 1 is 1.36 bits per heavy atom. The van der Waals surface area contributed by atoms with Gasteiger partial charge >= 0.3 is 0 Å². The van der Waals surface area contributed by atoms with Crippen molar-refractivity contribution in [3.8, 4) is 5.75 Å². The van der Waals surface area contributed by atoms with Gasteiger partial charge in [0.2, 0.25) is 0 Å². The molecule has 152 valence electrons. The molecule has 0 bridgehead atoms. The Hall–Kier alpha value is -2.68. The summed E-state index contributed by atoms with van der Waals surface area (Å²) >= 11 is 0. The van der Waals surface area contributed by atoms with Crippen LogP contribution in [-0.2, 0) is 30.9 Å².